The Hall–Kier alpha value is -0.650. The van der Waals surface area contributed by atoms with E-state index < -0.39 is 0 Å². The predicted octanol–water partition coefficient (Wildman–Crippen LogP) is 2.42. The molecular formula is C14H22N2O2S. The molecule has 1 aliphatic carbocycles. The Morgan fingerprint density at radius 3 is 3.11 bits per heavy atom. The summed E-state index contributed by atoms with van der Waals surface area (Å²) in [4.78, 5) is 6.90. The van der Waals surface area contributed by atoms with Gasteiger partial charge in [-0.05, 0) is 25.7 Å². The van der Waals surface area contributed by atoms with Gasteiger partial charge in [0.25, 0.3) is 0 Å². The highest BCUT2D eigenvalue weighted by molar-refractivity contribution is 7.13. The Bertz CT molecular complexity index is 437. The maximum atomic E-state index is 9.14. The topological polar surface area (TPSA) is 45.6 Å². The minimum Gasteiger partial charge on any atom is -0.390 e. The highest BCUT2D eigenvalue weighted by atomic mass is 32.1. The first-order valence-electron chi connectivity index (χ1n) is 7.10. The Kier molecular flexibility index (Phi) is 3.78. The van der Waals surface area contributed by atoms with Gasteiger partial charge in [-0.3, -0.25) is 0 Å². The lowest BCUT2D eigenvalue weighted by molar-refractivity contribution is 0.00226. The van der Waals surface area contributed by atoms with Crippen LogP contribution in [0.15, 0.2) is 5.38 Å². The van der Waals surface area contributed by atoms with Gasteiger partial charge in [-0.1, -0.05) is 6.42 Å². The molecule has 0 aromatic carbocycles. The molecule has 4 nitrogen and oxygen atoms in total. The zero-order chi connectivity index (χ0) is 13.3. The van der Waals surface area contributed by atoms with E-state index in [1.54, 1.807) is 11.3 Å². The Labute approximate surface area is 118 Å². The summed E-state index contributed by atoms with van der Waals surface area (Å²) in [7, 11) is 1.85. The molecule has 3 rings (SSSR count). The number of nitrogens with zero attached hydrogens (tertiary/aromatic N) is 2. The monoisotopic (exact) mass is 282 g/mol. The van der Waals surface area contributed by atoms with Crippen molar-refractivity contribution in [2.75, 3.05) is 25.1 Å². The fourth-order valence-corrected chi connectivity index (χ4v) is 4.62. The van der Waals surface area contributed by atoms with Crippen LogP contribution in [0.4, 0.5) is 5.13 Å². The molecule has 2 heterocycles. The van der Waals surface area contributed by atoms with E-state index in [0.717, 1.165) is 23.9 Å². The standard InChI is InChI=1S/C14H22N2O2S/c1-18-12-4-2-5-14(12)6-3-7-16(10-14)13-15-11(8-17)9-19-13/h9,12,17H,2-8,10H2,1H3/t12-,14+/m1/s1. The van der Waals surface area contributed by atoms with Crippen LogP contribution in [0.2, 0.25) is 0 Å². The average Bonchev–Trinajstić information content (AvgIpc) is 3.06. The summed E-state index contributed by atoms with van der Waals surface area (Å²) >= 11 is 1.65. The summed E-state index contributed by atoms with van der Waals surface area (Å²) < 4.78 is 5.73. The molecule has 0 bridgehead atoms. The van der Waals surface area contributed by atoms with Crippen LogP contribution in [0.5, 0.6) is 0 Å². The summed E-state index contributed by atoms with van der Waals surface area (Å²) in [6, 6.07) is 0. The first-order valence-corrected chi connectivity index (χ1v) is 7.98. The molecule has 2 atom stereocenters. The van der Waals surface area contributed by atoms with Crippen molar-refractivity contribution in [1.29, 1.82) is 0 Å². The van der Waals surface area contributed by atoms with Gasteiger partial charge in [-0.25, -0.2) is 4.98 Å². The molecule has 5 heteroatoms. The van der Waals surface area contributed by atoms with Gasteiger partial charge in [0.2, 0.25) is 0 Å². The van der Waals surface area contributed by atoms with Gasteiger partial charge in [0.1, 0.15) is 0 Å². The minimum absolute atomic E-state index is 0.0379. The van der Waals surface area contributed by atoms with E-state index in [4.69, 9.17) is 9.84 Å². The van der Waals surface area contributed by atoms with Crippen molar-refractivity contribution >= 4 is 16.5 Å². The summed E-state index contributed by atoms with van der Waals surface area (Å²) in [5.41, 5.74) is 1.12. The van der Waals surface area contributed by atoms with Crippen LogP contribution in [0.3, 0.4) is 0 Å². The van der Waals surface area contributed by atoms with Crippen molar-refractivity contribution in [3.8, 4) is 0 Å². The Balaban J connectivity index is 1.77. The highest BCUT2D eigenvalue weighted by Crippen LogP contribution is 2.47. The van der Waals surface area contributed by atoms with Gasteiger partial charge >= 0.3 is 0 Å². The smallest absolute Gasteiger partial charge is 0.185 e. The van der Waals surface area contributed by atoms with Crippen LogP contribution in [-0.4, -0.2) is 36.4 Å². The lowest BCUT2D eigenvalue weighted by Gasteiger charge is -2.43. The lowest BCUT2D eigenvalue weighted by Crippen LogP contribution is -2.47. The SMILES string of the molecule is CO[C@@H]1CCC[C@@]12CCCN(c1nc(CO)cs1)C2. The maximum Gasteiger partial charge on any atom is 0.185 e. The van der Waals surface area contributed by atoms with Crippen molar-refractivity contribution in [1.82, 2.24) is 4.98 Å². The molecular weight excluding hydrogens is 260 g/mol. The predicted molar refractivity (Wildman–Crippen MR) is 76.6 cm³/mol. The first kappa shape index (κ1) is 13.3. The van der Waals surface area contributed by atoms with Gasteiger partial charge in [-0.15, -0.1) is 11.3 Å². The molecule has 1 N–H and O–H groups in total. The molecule has 19 heavy (non-hydrogen) atoms. The van der Waals surface area contributed by atoms with Crippen molar-refractivity contribution in [2.24, 2.45) is 5.41 Å². The molecule has 1 aromatic heterocycles. The van der Waals surface area contributed by atoms with E-state index in [2.05, 4.69) is 9.88 Å². The van der Waals surface area contributed by atoms with Gasteiger partial charge in [-0.2, -0.15) is 0 Å². The molecule has 1 saturated carbocycles. The normalized spacial score (nSPS) is 31.3. The van der Waals surface area contributed by atoms with Crippen LogP contribution in [-0.2, 0) is 11.3 Å². The lowest BCUT2D eigenvalue weighted by atomic mass is 9.77. The van der Waals surface area contributed by atoms with Crippen LogP contribution in [0, 0.1) is 5.41 Å². The molecule has 106 valence electrons. The molecule has 1 aromatic rings. The summed E-state index contributed by atoms with van der Waals surface area (Å²) in [5.74, 6) is 0. The molecule has 1 spiro atoms. The molecule has 0 amide bonds. The molecule has 0 radical (unpaired) electrons. The van der Waals surface area contributed by atoms with E-state index in [-0.39, 0.29) is 6.61 Å². The van der Waals surface area contributed by atoms with Crippen molar-refractivity contribution in [3.63, 3.8) is 0 Å². The van der Waals surface area contributed by atoms with E-state index in [1.165, 1.54) is 32.1 Å². The number of anilines is 1. The fraction of sp³-hybridized carbons (Fsp3) is 0.786. The Morgan fingerprint density at radius 1 is 1.53 bits per heavy atom. The minimum atomic E-state index is 0.0379. The number of hydrogen-bond donors (Lipinski definition) is 1. The van der Waals surface area contributed by atoms with Gasteiger partial charge in [0.05, 0.1) is 18.4 Å². The quantitative estimate of drug-likeness (QED) is 0.925. The number of aliphatic hydroxyl groups is 1. The third-order valence-corrected chi connectivity index (χ3v) is 5.64. The summed E-state index contributed by atoms with van der Waals surface area (Å²) in [6.07, 6.45) is 6.66. The highest BCUT2D eigenvalue weighted by Gasteiger charge is 2.46. The van der Waals surface area contributed by atoms with Gasteiger partial charge in [0.15, 0.2) is 5.13 Å². The number of ether oxygens (including phenoxy) is 1. The number of piperidine rings is 1. The second-order valence-corrected chi connectivity index (χ2v) is 6.62. The van der Waals surface area contributed by atoms with E-state index in [1.807, 2.05) is 12.5 Å². The molecule has 2 aliphatic rings. The van der Waals surface area contributed by atoms with E-state index >= 15 is 0 Å². The largest absolute Gasteiger partial charge is 0.390 e. The van der Waals surface area contributed by atoms with Crippen molar-refractivity contribution in [2.45, 2.75) is 44.8 Å². The van der Waals surface area contributed by atoms with Gasteiger partial charge < -0.3 is 14.7 Å². The number of thiazole rings is 1. The van der Waals surface area contributed by atoms with Crippen molar-refractivity contribution < 1.29 is 9.84 Å². The average molecular weight is 282 g/mol. The van der Waals surface area contributed by atoms with Crippen molar-refractivity contribution in [3.05, 3.63) is 11.1 Å². The fourth-order valence-electron chi connectivity index (χ4n) is 3.78. The second kappa shape index (κ2) is 5.38. The summed E-state index contributed by atoms with van der Waals surface area (Å²) in [5, 5.41) is 12.2. The third-order valence-electron chi connectivity index (χ3n) is 4.69. The zero-order valence-electron chi connectivity index (χ0n) is 11.5. The molecule has 1 aliphatic heterocycles. The third kappa shape index (κ3) is 2.39. The maximum absolute atomic E-state index is 9.14. The Morgan fingerprint density at radius 2 is 2.37 bits per heavy atom. The van der Waals surface area contributed by atoms with E-state index in [0.29, 0.717) is 11.5 Å². The number of methoxy groups -OCH3 is 1. The summed E-state index contributed by atoms with van der Waals surface area (Å²) in [6.45, 7) is 2.18. The number of hydrogen-bond acceptors (Lipinski definition) is 5. The van der Waals surface area contributed by atoms with Gasteiger partial charge in [0, 0.05) is 31.0 Å². The molecule has 0 unspecified atom stereocenters. The number of aliphatic hydroxyl groups excluding tert-OH is 1. The van der Waals surface area contributed by atoms with Crippen LogP contribution in [0.1, 0.15) is 37.8 Å². The van der Waals surface area contributed by atoms with Crippen LogP contribution in [0.25, 0.3) is 0 Å². The van der Waals surface area contributed by atoms with Crippen LogP contribution < -0.4 is 4.90 Å². The van der Waals surface area contributed by atoms with E-state index in [9.17, 15) is 0 Å². The first-order chi connectivity index (χ1) is 9.27. The molecule has 1 saturated heterocycles. The molecule has 2 fully saturated rings. The number of aromatic nitrogens is 1. The zero-order valence-corrected chi connectivity index (χ0v) is 12.3. The second-order valence-electron chi connectivity index (χ2n) is 5.78. The number of rotatable bonds is 3. The van der Waals surface area contributed by atoms with Crippen LogP contribution >= 0.6 is 11.3 Å².